The second-order valence-corrected chi connectivity index (χ2v) is 34.9. The van der Waals surface area contributed by atoms with Gasteiger partial charge < -0.3 is 109 Å². The van der Waals surface area contributed by atoms with Gasteiger partial charge in [0.2, 0.25) is 94.5 Å². The van der Waals surface area contributed by atoms with Crippen LogP contribution < -0.4 is 59.3 Å². The number of rotatable bonds is 25. The molecule has 3 fully saturated rings. The number of likely N-dealkylation sites (N-methyl/N-ethyl adjacent to an activating group) is 3. The number of nitrogens with two attached hydrogens (primary N) is 2. The van der Waals surface area contributed by atoms with Crippen LogP contribution in [-0.2, 0) is 123 Å². The van der Waals surface area contributed by atoms with Crippen molar-refractivity contribution in [2.75, 3.05) is 65.5 Å². The van der Waals surface area contributed by atoms with Gasteiger partial charge in [-0.15, -0.1) is 11.8 Å². The zero-order chi connectivity index (χ0) is 99.5. The number of hydrogen-bond donors (Lipinski definition) is 15. The van der Waals surface area contributed by atoms with Crippen LogP contribution in [0.3, 0.4) is 0 Å². The molecule has 1 aromatic heterocycles. The van der Waals surface area contributed by atoms with Crippen LogP contribution in [0.5, 0.6) is 5.75 Å². The van der Waals surface area contributed by atoms with E-state index in [9.17, 15) is 67.3 Å². The molecule has 4 heterocycles. The molecule has 3 saturated heterocycles. The summed E-state index contributed by atoms with van der Waals surface area (Å²) in [4.78, 5) is 270. The number of H-pyrrole nitrogens is 1. The lowest BCUT2D eigenvalue weighted by atomic mass is 9.98. The highest BCUT2D eigenvalue weighted by Crippen LogP contribution is 2.28. The number of fused-ring (bicyclic) bond motifs is 3. The highest BCUT2D eigenvalue weighted by molar-refractivity contribution is 8.00. The van der Waals surface area contributed by atoms with Crippen LogP contribution in [0.1, 0.15) is 113 Å². The number of hydrogen-bond acceptors (Lipinski definition) is 21. The predicted octanol–water partition coefficient (Wildman–Crippen LogP) is 0.320. The molecule has 6 aromatic rings. The number of carbonyl (C=O) groups is 18. The zero-order valence-electron chi connectivity index (χ0n) is 75.6. The molecule has 9 rings (SSSR count). The maximum Gasteiger partial charge on any atom is 0.305 e. The van der Waals surface area contributed by atoms with Gasteiger partial charge in [0.1, 0.15) is 90.1 Å². The molecule has 0 saturated carbocycles. The van der Waals surface area contributed by atoms with E-state index in [1.54, 1.807) is 61.5 Å². The number of aromatic nitrogens is 1. The molecule has 0 radical (unpaired) electrons. The average molecular weight is 1920 g/mol. The van der Waals surface area contributed by atoms with E-state index in [0.29, 0.717) is 52.3 Å². The minimum absolute atomic E-state index is 0.105. The van der Waals surface area contributed by atoms with Crippen molar-refractivity contribution >= 4 is 129 Å². The third kappa shape index (κ3) is 29.5. The van der Waals surface area contributed by atoms with Gasteiger partial charge in [-0.2, -0.15) is 0 Å². The maximum atomic E-state index is 15.7. The van der Waals surface area contributed by atoms with Crippen LogP contribution in [0.15, 0.2) is 121 Å². The van der Waals surface area contributed by atoms with Crippen molar-refractivity contribution in [3.8, 4) is 5.75 Å². The van der Waals surface area contributed by atoms with Gasteiger partial charge in [0.25, 0.3) is 0 Å². The van der Waals surface area contributed by atoms with Gasteiger partial charge in [0, 0.05) is 102 Å². The molecule has 44 heteroatoms. The third-order valence-corrected chi connectivity index (χ3v) is 24.6. The molecule has 17 N–H and O–H groups in total. The number of para-hydroxylation sites is 1. The Balaban J connectivity index is 1.15. The number of carboxylic acid groups (broad SMARTS) is 2. The van der Waals surface area contributed by atoms with Crippen LogP contribution in [0.25, 0.3) is 10.9 Å². The van der Waals surface area contributed by atoms with Crippen LogP contribution in [0.2, 0.25) is 0 Å². The number of phenols is 1. The topological polar surface area (TPSA) is 569 Å². The number of nitrogens with one attached hydrogen (secondary N) is 10. The van der Waals surface area contributed by atoms with Gasteiger partial charge in [-0.25, -0.2) is 17.6 Å². The lowest BCUT2D eigenvalue weighted by Crippen LogP contribution is -2.64. The minimum atomic E-state index is -2.01. The van der Waals surface area contributed by atoms with Crippen molar-refractivity contribution in [2.45, 2.75) is 196 Å². The first-order valence-electron chi connectivity index (χ1n) is 44.1. The van der Waals surface area contributed by atoms with E-state index >= 15 is 51.9 Å². The molecule has 5 aromatic carbocycles. The largest absolute Gasteiger partial charge is 0.508 e. The molecule has 0 bridgehead atoms. The van der Waals surface area contributed by atoms with Gasteiger partial charge in [0.05, 0.1) is 31.9 Å². The Morgan fingerprint density at radius 2 is 1.07 bits per heavy atom. The van der Waals surface area contributed by atoms with Crippen LogP contribution in [-0.4, -0.2) is 295 Å². The molecule has 39 nitrogen and oxygen atoms in total. The Bertz CT molecular complexity index is 5350. The molecular weight excluding hydrogens is 1800 g/mol. The van der Waals surface area contributed by atoms with E-state index in [4.69, 9.17) is 16.2 Å². The van der Waals surface area contributed by atoms with E-state index in [0.717, 1.165) is 43.7 Å². The second kappa shape index (κ2) is 49.8. The van der Waals surface area contributed by atoms with Gasteiger partial charge in [-0.3, -0.25) is 86.3 Å². The zero-order valence-corrected chi connectivity index (χ0v) is 76.4. The molecule has 0 aliphatic carbocycles. The number of carbonyl (C=O) groups excluding carboxylic acids is 16. The van der Waals surface area contributed by atoms with Crippen molar-refractivity contribution in [3.63, 3.8) is 0 Å². The van der Waals surface area contributed by atoms with E-state index in [-0.39, 0.29) is 62.1 Å². The Hall–Kier alpha value is -14.1. The summed E-state index contributed by atoms with van der Waals surface area (Å²) < 4.78 is 65.6. The number of halogens is 4. The summed E-state index contributed by atoms with van der Waals surface area (Å²) >= 11 is 0.562. The molecule has 0 spiro atoms. The first kappa shape index (κ1) is 106. The molecule has 0 unspecified atom stereocenters. The molecule has 3 aliphatic rings. The molecule has 732 valence electrons. The molecule has 136 heavy (non-hydrogen) atoms. The first-order valence-corrected chi connectivity index (χ1v) is 45.3. The Morgan fingerprint density at radius 1 is 0.522 bits per heavy atom. The normalized spacial score (nSPS) is 23.3. The van der Waals surface area contributed by atoms with Gasteiger partial charge in [0.15, 0.2) is 17.5 Å². The van der Waals surface area contributed by atoms with E-state index < -0.39 is 309 Å². The lowest BCUT2D eigenvalue weighted by Gasteiger charge is -2.38. The summed E-state index contributed by atoms with van der Waals surface area (Å²) in [6.45, 7) is 2.47. The monoisotopic (exact) mass is 1920 g/mol. The van der Waals surface area contributed by atoms with Crippen molar-refractivity contribution in [3.05, 3.63) is 173 Å². The van der Waals surface area contributed by atoms with Crippen LogP contribution in [0.4, 0.5) is 17.6 Å². The molecule has 13 atom stereocenters. The highest BCUT2D eigenvalue weighted by atomic mass is 32.2. The number of unbranched alkanes of at least 4 members (excludes halogenated alkanes) is 1. The lowest BCUT2D eigenvalue weighted by molar-refractivity contribution is -0.152. The Morgan fingerprint density at radius 3 is 1.72 bits per heavy atom. The summed E-state index contributed by atoms with van der Waals surface area (Å²) in [5.74, 6) is -29.3. The predicted molar refractivity (Wildman–Crippen MR) is 482 cm³/mol. The standard InChI is InChI=1S/C92H113F4N17O22S/c1-7-8-19-69-91(133)112-33-14-20-68(112)85(127)106-65(43-77(120)121)84(126)108-79(49(2)3)92(134)110(5)70(40-50-15-10-9-11-16-50)86(128)103-62(30-32-76(118)119)89(131)113-34-35-135-46-72(113)87(129)105-64(42-54-44-99-60-18-13-12-17-57(54)60)83(125)104-63(38-51-23-27-56(114)28-24-51)82(124)102-61(29-31-73(97)115)81(123)107-67(80(122)100-45-74(98)116)47-136-48-75(117)101-66(39-53-36-58(94)78(96)59(95)37-53)88(130)111(6)71(90(132)109(69)4)41-52-21-25-55(93)26-22-52/h9-13,15-18,21-28,36-37,44,49,61-72,79,99,114H,7-8,14,19-20,29-35,38-43,45-48H2,1-6H3,(H2,97,115)(H2,98,116)(H,100,122)(H,101,117)(H,102,124)(H,103,128)(H,104,125)(H,105,129)(H,106,127)(H,107,123)(H,108,126)(H,118,119)(H,120,121)/t61-,62-,63-,64-,65-,66-,67-,68+,69-,70-,71-,72+,79-/m0/s1. The number of morpholine rings is 1. The SMILES string of the molecule is CCCC[C@H]1C(=O)N2CCC[C@@H]2C(=O)N[C@@H](CC(=O)O)C(=O)N[C@@H](C(C)C)C(=O)N(C)[C@@H](Cc2ccccc2)C(=O)N[C@@H](CCC(=O)O)C(=O)N2CCOC[C@@H]2C(=O)N[C@@H](Cc2c[nH]c3ccccc23)C(=O)N[C@@H](Cc2ccc(O)cc2)C(=O)N[C@@H](CCC(N)=O)C(=O)N[C@H](C(=O)NCC(N)=O)CSCC(=O)N[C@@H](Cc2cc(F)c(F)c(F)c2)C(=O)N(C)[C@@H](Cc2ccc(F)cc2)C(=O)N1C. The summed E-state index contributed by atoms with van der Waals surface area (Å²) in [5, 5.41) is 54.0. The third-order valence-electron chi connectivity index (χ3n) is 23.6. The number of aromatic amines is 1. The van der Waals surface area contributed by atoms with Gasteiger partial charge in [-0.05, 0) is 108 Å². The summed E-state index contributed by atoms with van der Waals surface area (Å²) in [7, 11) is 3.49. The number of aromatic hydroxyl groups is 1. The van der Waals surface area contributed by atoms with Crippen molar-refractivity contribution in [1.82, 2.24) is 77.3 Å². The van der Waals surface area contributed by atoms with E-state index in [2.05, 4.69) is 52.8 Å². The van der Waals surface area contributed by atoms with Crippen molar-refractivity contribution in [2.24, 2.45) is 17.4 Å². The number of primary amides is 2. The molecule has 3 aliphatic heterocycles. The number of thioether (sulfide) groups is 1. The second-order valence-electron chi connectivity index (χ2n) is 33.8. The number of ether oxygens (including phenoxy) is 1. The van der Waals surface area contributed by atoms with Crippen LogP contribution >= 0.6 is 11.8 Å². The molecule has 16 amide bonds. The smallest absolute Gasteiger partial charge is 0.305 e. The van der Waals surface area contributed by atoms with Gasteiger partial charge >= 0.3 is 11.9 Å². The van der Waals surface area contributed by atoms with Crippen molar-refractivity contribution in [1.29, 1.82) is 0 Å². The number of aliphatic carboxylic acids is 2. The number of benzene rings is 5. The van der Waals surface area contributed by atoms with Crippen LogP contribution in [0, 0.1) is 29.2 Å². The maximum absolute atomic E-state index is 15.7. The number of carboxylic acids is 2. The van der Waals surface area contributed by atoms with E-state index in [1.807, 2.05) is 0 Å². The van der Waals surface area contributed by atoms with Crippen molar-refractivity contribution < 1.29 is 124 Å². The summed E-state index contributed by atoms with van der Waals surface area (Å²) in [5.41, 5.74) is 12.4. The average Bonchev–Trinajstić information content (AvgIpc) is 1.47. The van der Waals surface area contributed by atoms with Gasteiger partial charge in [-0.1, -0.05) is 106 Å². The minimum Gasteiger partial charge on any atom is -0.508 e. The fourth-order valence-corrected chi connectivity index (χ4v) is 17.0. The number of amides is 16. The fourth-order valence-electron chi connectivity index (χ4n) is 16.1. The number of nitrogens with zero attached hydrogens (tertiary/aromatic N) is 5. The summed E-state index contributed by atoms with van der Waals surface area (Å²) in [6, 6.07) is 2.80. The molecular formula is C92H113F4N17O22S. The first-order chi connectivity index (χ1) is 64.6. The summed E-state index contributed by atoms with van der Waals surface area (Å²) in [6.07, 6.45) is -4.39. The quantitative estimate of drug-likeness (QED) is 0.0271. The number of phenolic OH excluding ortho intramolecular Hbond substituents is 1. The van der Waals surface area contributed by atoms with E-state index in [1.165, 1.54) is 70.5 Å². The highest BCUT2D eigenvalue weighted by Gasteiger charge is 2.47. The Kier molecular flexibility index (Phi) is 38.7. The Labute approximate surface area is 783 Å². The fraction of sp³-hybridized carbons (Fsp3) is 0.457.